The van der Waals surface area contributed by atoms with Crippen LogP contribution in [0.2, 0.25) is 0 Å². The zero-order valence-corrected chi connectivity index (χ0v) is 15.9. The second kappa shape index (κ2) is 7.83. The zero-order chi connectivity index (χ0) is 17.9. The molecule has 1 aromatic heterocycles. The summed E-state index contributed by atoms with van der Waals surface area (Å²) >= 11 is 0. The molecular formula is C18H32N6O. The minimum Gasteiger partial charge on any atom is -0.335 e. The fourth-order valence-corrected chi connectivity index (χ4v) is 3.45. The van der Waals surface area contributed by atoms with Crippen LogP contribution >= 0.6 is 0 Å². The number of carbonyl (C=O) groups excluding carboxylic acids is 1. The number of hydrogen-bond donors (Lipinski definition) is 1. The summed E-state index contributed by atoms with van der Waals surface area (Å²) < 4.78 is 1.88. The molecule has 2 aliphatic rings. The maximum atomic E-state index is 12.7. The molecule has 0 unspecified atom stereocenters. The highest BCUT2D eigenvalue weighted by atomic mass is 16.2. The molecule has 0 bridgehead atoms. The number of hydrogen-bond acceptors (Lipinski definition) is 5. The van der Waals surface area contributed by atoms with Crippen molar-refractivity contribution in [3.05, 3.63) is 11.9 Å². The van der Waals surface area contributed by atoms with Crippen LogP contribution in [0.5, 0.6) is 0 Å². The number of nitrogens with zero attached hydrogens (tertiary/aromatic N) is 5. The molecule has 140 valence electrons. The first kappa shape index (κ1) is 18.3. The molecular weight excluding hydrogens is 316 g/mol. The highest BCUT2D eigenvalue weighted by Gasteiger charge is 2.26. The molecule has 0 spiro atoms. The lowest BCUT2D eigenvalue weighted by atomic mass is 9.92. The Hall–Kier alpha value is -1.47. The van der Waals surface area contributed by atoms with Gasteiger partial charge in [0.15, 0.2) is 5.69 Å². The van der Waals surface area contributed by atoms with E-state index in [-0.39, 0.29) is 5.91 Å². The summed E-state index contributed by atoms with van der Waals surface area (Å²) in [6.45, 7) is 13.4. The Labute approximate surface area is 150 Å². The summed E-state index contributed by atoms with van der Waals surface area (Å²) in [6, 6.07) is 0.365. The molecule has 1 N–H and O–H groups in total. The number of aromatic nitrogens is 3. The number of nitrogens with one attached hydrogen (secondary N) is 1. The molecule has 7 heteroatoms. The Bertz CT molecular complexity index is 564. The smallest absolute Gasteiger partial charge is 0.276 e. The van der Waals surface area contributed by atoms with E-state index in [0.29, 0.717) is 17.2 Å². The van der Waals surface area contributed by atoms with Gasteiger partial charge in [-0.25, -0.2) is 4.68 Å². The van der Waals surface area contributed by atoms with Crippen LogP contribution in [0.25, 0.3) is 0 Å². The maximum Gasteiger partial charge on any atom is 0.276 e. The van der Waals surface area contributed by atoms with E-state index in [1.165, 1.54) is 6.42 Å². The first-order valence-corrected chi connectivity index (χ1v) is 9.56. The van der Waals surface area contributed by atoms with Gasteiger partial charge in [0.2, 0.25) is 0 Å². The van der Waals surface area contributed by atoms with E-state index >= 15 is 0 Å². The number of carbonyl (C=O) groups is 1. The molecule has 7 nitrogen and oxygen atoms in total. The predicted octanol–water partition coefficient (Wildman–Crippen LogP) is 1.40. The van der Waals surface area contributed by atoms with Crippen molar-refractivity contribution in [3.63, 3.8) is 0 Å². The Morgan fingerprint density at radius 3 is 2.52 bits per heavy atom. The largest absolute Gasteiger partial charge is 0.335 e. The van der Waals surface area contributed by atoms with Gasteiger partial charge in [-0.1, -0.05) is 26.0 Å². The molecule has 1 amide bonds. The molecule has 3 heterocycles. The molecule has 3 rings (SSSR count). The zero-order valence-electron chi connectivity index (χ0n) is 15.9. The lowest BCUT2D eigenvalue weighted by Crippen LogP contribution is -2.49. The van der Waals surface area contributed by atoms with Gasteiger partial charge in [-0.15, -0.1) is 5.10 Å². The summed E-state index contributed by atoms with van der Waals surface area (Å²) in [5.41, 5.74) is 0.849. The summed E-state index contributed by atoms with van der Waals surface area (Å²) in [7, 11) is 0. The minimum absolute atomic E-state index is 0.0238. The van der Waals surface area contributed by atoms with Crippen LogP contribution in [0, 0.1) is 5.41 Å². The Morgan fingerprint density at radius 1 is 1.20 bits per heavy atom. The molecule has 0 atom stereocenters. The third kappa shape index (κ3) is 5.01. The third-order valence-electron chi connectivity index (χ3n) is 5.25. The highest BCUT2D eigenvalue weighted by molar-refractivity contribution is 5.92. The Balaban J connectivity index is 1.50. The van der Waals surface area contributed by atoms with Gasteiger partial charge in [0.1, 0.15) is 0 Å². The summed E-state index contributed by atoms with van der Waals surface area (Å²) in [6.07, 6.45) is 5.11. The number of rotatable bonds is 4. The normalized spacial score (nSPS) is 20.8. The summed E-state index contributed by atoms with van der Waals surface area (Å²) in [4.78, 5) is 17.1. The van der Waals surface area contributed by atoms with Crippen molar-refractivity contribution in [1.82, 2.24) is 30.1 Å². The molecule has 25 heavy (non-hydrogen) atoms. The summed E-state index contributed by atoms with van der Waals surface area (Å²) in [5, 5.41) is 11.7. The number of amides is 1. The van der Waals surface area contributed by atoms with E-state index in [9.17, 15) is 4.79 Å². The van der Waals surface area contributed by atoms with Gasteiger partial charge in [0.05, 0.1) is 12.2 Å². The molecule has 2 aliphatic heterocycles. The van der Waals surface area contributed by atoms with Crippen molar-refractivity contribution >= 4 is 5.91 Å². The third-order valence-corrected chi connectivity index (χ3v) is 5.25. The van der Waals surface area contributed by atoms with E-state index in [4.69, 9.17) is 0 Å². The fraction of sp³-hybridized carbons (Fsp3) is 0.833. The van der Waals surface area contributed by atoms with Gasteiger partial charge in [0.25, 0.3) is 5.91 Å². The van der Waals surface area contributed by atoms with E-state index in [0.717, 1.165) is 58.7 Å². The Morgan fingerprint density at radius 2 is 1.88 bits per heavy atom. The average molecular weight is 348 g/mol. The molecule has 2 fully saturated rings. The van der Waals surface area contributed by atoms with Crippen LogP contribution in [-0.2, 0) is 0 Å². The second-order valence-corrected chi connectivity index (χ2v) is 8.51. The molecule has 2 saturated heterocycles. The van der Waals surface area contributed by atoms with Crippen LogP contribution in [0.3, 0.4) is 0 Å². The Kier molecular flexibility index (Phi) is 5.74. The van der Waals surface area contributed by atoms with Crippen LogP contribution in [-0.4, -0.2) is 76.5 Å². The average Bonchev–Trinajstić information content (AvgIpc) is 3.10. The topological polar surface area (TPSA) is 66.3 Å². The van der Waals surface area contributed by atoms with Gasteiger partial charge in [-0.05, 0) is 44.3 Å². The van der Waals surface area contributed by atoms with E-state index in [1.807, 2.05) is 15.8 Å². The maximum absolute atomic E-state index is 12.7. The number of piperidine rings is 1. The van der Waals surface area contributed by atoms with Crippen molar-refractivity contribution in [3.8, 4) is 0 Å². The highest BCUT2D eigenvalue weighted by Crippen LogP contribution is 2.20. The van der Waals surface area contributed by atoms with Gasteiger partial charge in [-0.2, -0.15) is 0 Å². The van der Waals surface area contributed by atoms with Crippen LogP contribution in [0.15, 0.2) is 6.20 Å². The lowest BCUT2D eigenvalue weighted by molar-refractivity contribution is 0.0617. The van der Waals surface area contributed by atoms with Crippen molar-refractivity contribution in [2.45, 2.75) is 46.1 Å². The molecule has 0 saturated carbocycles. The van der Waals surface area contributed by atoms with Gasteiger partial charge in [-0.3, -0.25) is 9.69 Å². The van der Waals surface area contributed by atoms with Crippen molar-refractivity contribution < 1.29 is 4.79 Å². The van der Waals surface area contributed by atoms with E-state index < -0.39 is 0 Å². The van der Waals surface area contributed by atoms with E-state index in [1.54, 1.807) is 0 Å². The lowest BCUT2D eigenvalue weighted by Gasteiger charge is -2.35. The fourth-order valence-electron chi connectivity index (χ4n) is 3.45. The second-order valence-electron chi connectivity index (χ2n) is 8.51. The number of piperazine rings is 1. The molecule has 1 aromatic rings. The first-order valence-electron chi connectivity index (χ1n) is 9.56. The van der Waals surface area contributed by atoms with Crippen molar-refractivity contribution in [1.29, 1.82) is 0 Å². The summed E-state index contributed by atoms with van der Waals surface area (Å²) in [5.74, 6) is 0.0238. The van der Waals surface area contributed by atoms with Crippen molar-refractivity contribution in [2.24, 2.45) is 5.41 Å². The minimum atomic E-state index is 0.0238. The van der Waals surface area contributed by atoms with Gasteiger partial charge in [0, 0.05) is 26.2 Å². The predicted molar refractivity (Wildman–Crippen MR) is 97.6 cm³/mol. The van der Waals surface area contributed by atoms with Gasteiger partial charge >= 0.3 is 0 Å². The quantitative estimate of drug-likeness (QED) is 0.891. The first-order chi connectivity index (χ1) is 11.9. The molecule has 0 radical (unpaired) electrons. The molecule has 0 aromatic carbocycles. The molecule has 0 aliphatic carbocycles. The monoisotopic (exact) mass is 348 g/mol. The van der Waals surface area contributed by atoms with Gasteiger partial charge < -0.3 is 10.2 Å². The van der Waals surface area contributed by atoms with Crippen LogP contribution in [0.4, 0.5) is 0 Å². The van der Waals surface area contributed by atoms with E-state index in [2.05, 4.69) is 41.3 Å². The van der Waals surface area contributed by atoms with Crippen LogP contribution < -0.4 is 5.32 Å². The standard InChI is InChI=1S/C18H32N6O/c1-18(2,3)6-9-22-10-12-23(13-11-22)17(25)16-14-24(21-20-16)15-4-7-19-8-5-15/h14-15,19H,4-13H2,1-3H3. The van der Waals surface area contributed by atoms with Crippen LogP contribution in [0.1, 0.15) is 56.6 Å². The SMILES string of the molecule is CC(C)(C)CCN1CCN(C(=O)c2cn(C3CCNCC3)nn2)CC1. The van der Waals surface area contributed by atoms with Crippen molar-refractivity contribution in [2.75, 3.05) is 45.8 Å².